The third-order valence-corrected chi connectivity index (χ3v) is 4.36. The third kappa shape index (κ3) is 4.98. The predicted octanol–water partition coefficient (Wildman–Crippen LogP) is 5.26. The molecule has 0 aliphatic heterocycles. The minimum Gasteiger partial charge on any atom is -0.495 e. The minimum absolute atomic E-state index is 0.336. The molecule has 0 amide bonds. The molecular formula is C26H21FO2. The van der Waals surface area contributed by atoms with Crippen molar-refractivity contribution in [2.75, 3.05) is 14.2 Å². The number of methoxy groups -OCH3 is 2. The van der Waals surface area contributed by atoms with E-state index in [1.54, 1.807) is 32.4 Å². The van der Waals surface area contributed by atoms with Gasteiger partial charge in [0.15, 0.2) is 0 Å². The van der Waals surface area contributed by atoms with Gasteiger partial charge in [-0.15, -0.1) is 0 Å². The van der Waals surface area contributed by atoms with Gasteiger partial charge in [-0.25, -0.2) is 4.39 Å². The molecule has 3 aromatic rings. The van der Waals surface area contributed by atoms with Crippen LogP contribution in [0.5, 0.6) is 11.5 Å². The number of hydrogen-bond donors (Lipinski definition) is 0. The van der Waals surface area contributed by atoms with Gasteiger partial charge < -0.3 is 9.47 Å². The van der Waals surface area contributed by atoms with Crippen LogP contribution in [-0.4, -0.2) is 14.2 Å². The largest absolute Gasteiger partial charge is 0.495 e. The first kappa shape index (κ1) is 20.1. The summed E-state index contributed by atoms with van der Waals surface area (Å²) in [7, 11) is 3.14. The van der Waals surface area contributed by atoms with E-state index < -0.39 is 0 Å². The molecule has 3 heteroatoms. The van der Waals surface area contributed by atoms with Crippen molar-refractivity contribution in [2.45, 2.75) is 13.8 Å². The molecule has 0 N–H and O–H groups in total. The van der Waals surface area contributed by atoms with Crippen LogP contribution in [0, 0.1) is 43.3 Å². The SMILES string of the molecule is COc1cc(C#Cc2ccc(C)cc2F)cc(OC)c1C#Cc1ccc(C)cc1. The van der Waals surface area contributed by atoms with E-state index in [2.05, 4.69) is 23.7 Å². The highest BCUT2D eigenvalue weighted by Gasteiger charge is 2.10. The van der Waals surface area contributed by atoms with Crippen LogP contribution in [0.4, 0.5) is 4.39 Å². The summed E-state index contributed by atoms with van der Waals surface area (Å²) >= 11 is 0. The normalized spacial score (nSPS) is 9.69. The van der Waals surface area contributed by atoms with Gasteiger partial charge in [0.05, 0.1) is 19.8 Å². The smallest absolute Gasteiger partial charge is 0.139 e. The summed E-state index contributed by atoms with van der Waals surface area (Å²) in [5.41, 5.74) is 4.57. The van der Waals surface area contributed by atoms with Gasteiger partial charge in [-0.2, -0.15) is 0 Å². The van der Waals surface area contributed by atoms with Crippen molar-refractivity contribution in [2.24, 2.45) is 0 Å². The van der Waals surface area contributed by atoms with Crippen molar-refractivity contribution in [3.63, 3.8) is 0 Å². The average Bonchev–Trinajstić information content (AvgIpc) is 2.72. The lowest BCUT2D eigenvalue weighted by molar-refractivity contribution is 0.392. The molecule has 144 valence electrons. The molecule has 2 nitrogen and oxygen atoms in total. The molecule has 3 rings (SSSR count). The highest BCUT2D eigenvalue weighted by atomic mass is 19.1. The molecule has 0 unspecified atom stereocenters. The second-order valence-electron chi connectivity index (χ2n) is 6.61. The molecule has 0 aliphatic carbocycles. The maximum Gasteiger partial charge on any atom is 0.139 e. The summed E-state index contributed by atoms with van der Waals surface area (Å²) < 4.78 is 25.0. The lowest BCUT2D eigenvalue weighted by Crippen LogP contribution is -1.95. The Bertz CT molecular complexity index is 1130. The summed E-state index contributed by atoms with van der Waals surface area (Å²) in [4.78, 5) is 0. The maximum atomic E-state index is 14.0. The number of benzene rings is 3. The van der Waals surface area contributed by atoms with Crippen molar-refractivity contribution >= 4 is 0 Å². The fraction of sp³-hybridized carbons (Fsp3) is 0.154. The lowest BCUT2D eigenvalue weighted by Gasteiger charge is -2.09. The Morgan fingerprint density at radius 3 is 1.83 bits per heavy atom. The monoisotopic (exact) mass is 384 g/mol. The average molecular weight is 384 g/mol. The molecule has 29 heavy (non-hydrogen) atoms. The van der Waals surface area contributed by atoms with E-state index >= 15 is 0 Å². The van der Waals surface area contributed by atoms with Crippen LogP contribution in [0.1, 0.15) is 33.4 Å². The molecule has 0 spiro atoms. The Morgan fingerprint density at radius 2 is 1.24 bits per heavy atom. The Hall–Kier alpha value is -3.69. The Kier molecular flexibility index (Phi) is 6.22. The number of hydrogen-bond acceptors (Lipinski definition) is 2. The van der Waals surface area contributed by atoms with Crippen LogP contribution in [0.2, 0.25) is 0 Å². The molecule has 0 atom stereocenters. The van der Waals surface area contributed by atoms with E-state index in [4.69, 9.17) is 9.47 Å². The van der Waals surface area contributed by atoms with Crippen LogP contribution < -0.4 is 9.47 Å². The fourth-order valence-electron chi connectivity index (χ4n) is 2.74. The van der Waals surface area contributed by atoms with Crippen molar-refractivity contribution in [3.8, 4) is 35.2 Å². The van der Waals surface area contributed by atoms with E-state index in [1.165, 1.54) is 11.6 Å². The van der Waals surface area contributed by atoms with Gasteiger partial charge in [0, 0.05) is 11.1 Å². The van der Waals surface area contributed by atoms with Gasteiger partial charge >= 0.3 is 0 Å². The van der Waals surface area contributed by atoms with Crippen molar-refractivity contribution < 1.29 is 13.9 Å². The first-order chi connectivity index (χ1) is 14.0. The highest BCUT2D eigenvalue weighted by Crippen LogP contribution is 2.29. The van der Waals surface area contributed by atoms with Crippen LogP contribution in [0.15, 0.2) is 54.6 Å². The molecule has 3 aromatic carbocycles. The molecule has 0 fully saturated rings. The summed E-state index contributed by atoms with van der Waals surface area (Å²) in [6, 6.07) is 16.5. The zero-order chi connectivity index (χ0) is 20.8. The van der Waals surface area contributed by atoms with E-state index in [0.717, 1.165) is 11.1 Å². The third-order valence-electron chi connectivity index (χ3n) is 4.36. The van der Waals surface area contributed by atoms with E-state index in [9.17, 15) is 4.39 Å². The topological polar surface area (TPSA) is 18.5 Å². The number of rotatable bonds is 2. The van der Waals surface area contributed by atoms with Crippen molar-refractivity contribution in [1.82, 2.24) is 0 Å². The van der Waals surface area contributed by atoms with E-state index in [-0.39, 0.29) is 5.82 Å². The summed E-state index contributed by atoms with van der Waals surface area (Å²) in [5, 5.41) is 0. The number of halogens is 1. The maximum absolute atomic E-state index is 14.0. The Morgan fingerprint density at radius 1 is 0.655 bits per heavy atom. The molecule has 0 aliphatic rings. The first-order valence-electron chi connectivity index (χ1n) is 9.13. The second-order valence-corrected chi connectivity index (χ2v) is 6.61. The van der Waals surface area contributed by atoms with Crippen LogP contribution in [-0.2, 0) is 0 Å². The standard InChI is InChI=1S/C26H21FO2/c1-18-5-8-20(9-6-18)11-14-23-25(28-3)16-21(17-26(23)29-4)10-13-22-12-7-19(2)15-24(22)27/h5-9,12,15-17H,1-4H3. The summed E-state index contributed by atoms with van der Waals surface area (Å²) in [6.07, 6.45) is 0. The van der Waals surface area contributed by atoms with Crippen LogP contribution in [0.25, 0.3) is 0 Å². The Labute approximate surface area is 171 Å². The summed E-state index contributed by atoms with van der Waals surface area (Å²) in [5.74, 6) is 12.9. The molecular weight excluding hydrogens is 363 g/mol. The van der Waals surface area contributed by atoms with Gasteiger partial charge in [-0.3, -0.25) is 0 Å². The number of ether oxygens (including phenoxy) is 2. The minimum atomic E-state index is -0.336. The van der Waals surface area contributed by atoms with Gasteiger partial charge in [0.1, 0.15) is 22.9 Å². The lowest BCUT2D eigenvalue weighted by atomic mass is 10.1. The first-order valence-corrected chi connectivity index (χ1v) is 9.13. The van der Waals surface area contributed by atoms with Crippen molar-refractivity contribution in [3.05, 3.63) is 93.8 Å². The van der Waals surface area contributed by atoms with Gasteiger partial charge in [0.25, 0.3) is 0 Å². The van der Waals surface area contributed by atoms with E-state index in [1.807, 2.05) is 44.2 Å². The van der Waals surface area contributed by atoms with Gasteiger partial charge in [0.2, 0.25) is 0 Å². The van der Waals surface area contributed by atoms with Crippen LogP contribution >= 0.6 is 0 Å². The quantitative estimate of drug-likeness (QED) is 0.561. The molecule has 0 saturated heterocycles. The molecule has 0 heterocycles. The fourth-order valence-corrected chi connectivity index (χ4v) is 2.74. The molecule has 0 radical (unpaired) electrons. The number of aryl methyl sites for hydroxylation is 2. The zero-order valence-electron chi connectivity index (χ0n) is 16.9. The van der Waals surface area contributed by atoms with Crippen molar-refractivity contribution in [1.29, 1.82) is 0 Å². The predicted molar refractivity (Wildman–Crippen MR) is 114 cm³/mol. The Balaban J connectivity index is 1.99. The highest BCUT2D eigenvalue weighted by molar-refractivity contribution is 5.61. The van der Waals surface area contributed by atoms with E-state index in [0.29, 0.717) is 28.2 Å². The molecule has 0 aromatic heterocycles. The molecule has 0 saturated carbocycles. The second kappa shape index (κ2) is 9.00. The van der Waals surface area contributed by atoms with Crippen LogP contribution in [0.3, 0.4) is 0 Å². The molecule has 0 bridgehead atoms. The van der Waals surface area contributed by atoms with Gasteiger partial charge in [-0.1, -0.05) is 47.4 Å². The zero-order valence-corrected chi connectivity index (χ0v) is 16.9. The van der Waals surface area contributed by atoms with Gasteiger partial charge in [-0.05, 0) is 55.8 Å². The summed E-state index contributed by atoms with van der Waals surface area (Å²) in [6.45, 7) is 3.87.